The number of nitrogens with zero attached hydrogens (tertiary/aromatic N) is 2. The smallest absolute Gasteiger partial charge is 0.345 e. The van der Waals surface area contributed by atoms with Crippen molar-refractivity contribution in [1.82, 2.24) is 5.43 Å². The van der Waals surface area contributed by atoms with Gasteiger partial charge in [0.15, 0.2) is 0 Å². The SMILES string of the molecule is O=C(N/N=C/c1cc([N+](=O)[O-])ccc1OC(=O)c1ccccc1Cl)c1ccc(Cl)cc1Cl. The molecule has 0 aliphatic rings. The molecule has 0 aliphatic carbocycles. The molecule has 1 N–H and O–H groups in total. The maximum atomic E-state index is 12.5. The average molecular weight is 493 g/mol. The van der Waals surface area contributed by atoms with Crippen molar-refractivity contribution in [2.75, 3.05) is 0 Å². The van der Waals surface area contributed by atoms with Gasteiger partial charge >= 0.3 is 5.97 Å². The van der Waals surface area contributed by atoms with Crippen LogP contribution in [0.1, 0.15) is 26.3 Å². The number of hydrogen-bond acceptors (Lipinski definition) is 6. The summed E-state index contributed by atoms with van der Waals surface area (Å²) in [6, 6.07) is 14.1. The van der Waals surface area contributed by atoms with Crippen LogP contribution in [0.3, 0.4) is 0 Å². The van der Waals surface area contributed by atoms with Crippen molar-refractivity contribution in [2.45, 2.75) is 0 Å². The lowest BCUT2D eigenvalue weighted by molar-refractivity contribution is -0.384. The van der Waals surface area contributed by atoms with Crippen LogP contribution in [0.4, 0.5) is 5.69 Å². The van der Waals surface area contributed by atoms with Gasteiger partial charge in [-0.15, -0.1) is 0 Å². The fourth-order valence-corrected chi connectivity index (χ4v) is 3.23. The summed E-state index contributed by atoms with van der Waals surface area (Å²) in [5.74, 6) is -1.43. The van der Waals surface area contributed by atoms with Gasteiger partial charge in [-0.1, -0.05) is 46.9 Å². The topological polar surface area (TPSA) is 111 Å². The monoisotopic (exact) mass is 491 g/mol. The van der Waals surface area contributed by atoms with E-state index in [9.17, 15) is 19.7 Å². The minimum Gasteiger partial charge on any atom is -0.422 e. The Labute approximate surface area is 196 Å². The molecular formula is C21H12Cl3N3O5. The van der Waals surface area contributed by atoms with E-state index in [1.54, 1.807) is 12.1 Å². The number of hydrazone groups is 1. The van der Waals surface area contributed by atoms with Crippen LogP contribution in [0.15, 0.2) is 65.8 Å². The minimum atomic E-state index is -0.768. The van der Waals surface area contributed by atoms with Gasteiger partial charge in [-0.2, -0.15) is 5.10 Å². The standard InChI is InChI=1S/C21H12Cl3N3O5/c22-13-5-7-15(18(24)10-13)20(28)26-25-11-12-9-14(27(30)31)6-8-19(12)32-21(29)16-3-1-2-4-17(16)23/h1-11H,(H,26,28)/b25-11+. The molecule has 3 rings (SSSR count). The van der Waals surface area contributed by atoms with Crippen LogP contribution in [0.2, 0.25) is 15.1 Å². The first-order valence-corrected chi connectivity index (χ1v) is 9.93. The number of benzene rings is 3. The van der Waals surface area contributed by atoms with E-state index in [-0.39, 0.29) is 38.2 Å². The number of carbonyl (C=O) groups excluding carboxylic acids is 2. The first kappa shape index (κ1) is 23.2. The molecule has 0 atom stereocenters. The molecule has 32 heavy (non-hydrogen) atoms. The summed E-state index contributed by atoms with van der Waals surface area (Å²) < 4.78 is 5.34. The molecule has 0 saturated carbocycles. The highest BCUT2D eigenvalue weighted by atomic mass is 35.5. The van der Waals surface area contributed by atoms with E-state index < -0.39 is 16.8 Å². The second-order valence-corrected chi connectivity index (χ2v) is 7.42. The zero-order chi connectivity index (χ0) is 23.3. The van der Waals surface area contributed by atoms with Gasteiger partial charge in [0, 0.05) is 22.7 Å². The van der Waals surface area contributed by atoms with Gasteiger partial charge in [0.1, 0.15) is 5.75 Å². The maximum Gasteiger partial charge on any atom is 0.345 e. The van der Waals surface area contributed by atoms with Crippen molar-refractivity contribution in [2.24, 2.45) is 5.10 Å². The number of amides is 1. The van der Waals surface area contributed by atoms with Crippen molar-refractivity contribution >= 4 is 58.6 Å². The Morgan fingerprint density at radius 1 is 0.969 bits per heavy atom. The number of rotatable bonds is 6. The lowest BCUT2D eigenvalue weighted by Gasteiger charge is -2.08. The Morgan fingerprint density at radius 2 is 1.72 bits per heavy atom. The number of nitrogens with one attached hydrogen (secondary N) is 1. The predicted molar refractivity (Wildman–Crippen MR) is 121 cm³/mol. The molecule has 0 heterocycles. The molecule has 0 unspecified atom stereocenters. The van der Waals surface area contributed by atoms with E-state index >= 15 is 0 Å². The molecule has 3 aromatic carbocycles. The van der Waals surface area contributed by atoms with E-state index in [2.05, 4.69) is 10.5 Å². The zero-order valence-corrected chi connectivity index (χ0v) is 18.2. The summed E-state index contributed by atoms with van der Waals surface area (Å²) in [4.78, 5) is 35.2. The molecule has 1 amide bonds. The van der Waals surface area contributed by atoms with E-state index in [4.69, 9.17) is 39.5 Å². The van der Waals surface area contributed by atoms with Crippen molar-refractivity contribution in [1.29, 1.82) is 0 Å². The number of non-ortho nitro benzene ring substituents is 1. The maximum absolute atomic E-state index is 12.5. The molecule has 0 fully saturated rings. The largest absolute Gasteiger partial charge is 0.422 e. The highest BCUT2D eigenvalue weighted by Gasteiger charge is 2.17. The molecule has 0 spiro atoms. The summed E-state index contributed by atoms with van der Waals surface area (Å²) in [7, 11) is 0. The zero-order valence-electron chi connectivity index (χ0n) is 15.9. The first-order valence-electron chi connectivity index (χ1n) is 8.80. The molecule has 0 bridgehead atoms. The number of ether oxygens (including phenoxy) is 1. The van der Waals surface area contributed by atoms with Gasteiger partial charge in [0.05, 0.1) is 32.3 Å². The first-order chi connectivity index (χ1) is 15.3. The van der Waals surface area contributed by atoms with Gasteiger partial charge in [-0.05, 0) is 36.4 Å². The average Bonchev–Trinajstić information content (AvgIpc) is 2.74. The Balaban J connectivity index is 1.84. The van der Waals surface area contributed by atoms with E-state index in [1.807, 2.05) is 0 Å². The highest BCUT2D eigenvalue weighted by molar-refractivity contribution is 6.36. The van der Waals surface area contributed by atoms with Gasteiger partial charge < -0.3 is 4.74 Å². The summed E-state index contributed by atoms with van der Waals surface area (Å²) >= 11 is 17.8. The number of nitro groups is 1. The summed E-state index contributed by atoms with van der Waals surface area (Å²) in [5.41, 5.74) is 2.29. The second-order valence-electron chi connectivity index (χ2n) is 6.17. The highest BCUT2D eigenvalue weighted by Crippen LogP contribution is 2.25. The van der Waals surface area contributed by atoms with E-state index in [1.165, 1.54) is 42.5 Å². The van der Waals surface area contributed by atoms with Gasteiger partial charge in [0.2, 0.25) is 0 Å². The third-order valence-corrected chi connectivity index (χ3v) is 4.92. The van der Waals surface area contributed by atoms with Gasteiger partial charge in [-0.3, -0.25) is 14.9 Å². The van der Waals surface area contributed by atoms with Crippen LogP contribution in [0.5, 0.6) is 5.75 Å². The van der Waals surface area contributed by atoms with Crippen LogP contribution in [0, 0.1) is 10.1 Å². The minimum absolute atomic E-state index is 0.0250. The fourth-order valence-electron chi connectivity index (χ4n) is 2.52. The fraction of sp³-hybridized carbons (Fsp3) is 0. The van der Waals surface area contributed by atoms with Gasteiger partial charge in [0.25, 0.3) is 11.6 Å². The molecule has 11 heteroatoms. The Morgan fingerprint density at radius 3 is 2.41 bits per heavy atom. The van der Waals surface area contributed by atoms with Crippen LogP contribution in [-0.2, 0) is 0 Å². The van der Waals surface area contributed by atoms with Crippen LogP contribution in [-0.4, -0.2) is 23.0 Å². The molecule has 0 radical (unpaired) electrons. The van der Waals surface area contributed by atoms with Gasteiger partial charge in [-0.25, -0.2) is 10.2 Å². The van der Waals surface area contributed by atoms with Crippen molar-refractivity contribution in [3.63, 3.8) is 0 Å². The summed E-state index contributed by atoms with van der Waals surface area (Å²) in [5, 5.41) is 15.6. The Bertz CT molecular complexity index is 1250. The quantitative estimate of drug-likeness (QED) is 0.160. The molecular weight excluding hydrogens is 481 g/mol. The molecule has 162 valence electrons. The Hall–Kier alpha value is -3.46. The number of nitro benzene ring substituents is 1. The molecule has 0 aromatic heterocycles. The van der Waals surface area contributed by atoms with E-state index in [0.717, 1.165) is 12.3 Å². The van der Waals surface area contributed by atoms with Crippen molar-refractivity contribution in [3.05, 3.63) is 103 Å². The normalized spacial score (nSPS) is 10.7. The molecule has 0 saturated heterocycles. The van der Waals surface area contributed by atoms with Crippen molar-refractivity contribution < 1.29 is 19.2 Å². The lowest BCUT2D eigenvalue weighted by Crippen LogP contribution is -2.18. The van der Waals surface area contributed by atoms with Crippen molar-refractivity contribution in [3.8, 4) is 5.75 Å². The third-order valence-electron chi connectivity index (χ3n) is 4.05. The number of halogens is 3. The number of esters is 1. The Kier molecular flexibility index (Phi) is 7.42. The number of hydrogen-bond donors (Lipinski definition) is 1. The lowest BCUT2D eigenvalue weighted by atomic mass is 10.2. The van der Waals surface area contributed by atoms with Crippen LogP contribution < -0.4 is 10.2 Å². The third kappa shape index (κ3) is 5.61. The van der Waals surface area contributed by atoms with Crippen LogP contribution in [0.25, 0.3) is 0 Å². The summed E-state index contributed by atoms with van der Waals surface area (Å²) in [6.07, 6.45) is 1.10. The summed E-state index contributed by atoms with van der Waals surface area (Å²) in [6.45, 7) is 0. The predicted octanol–water partition coefficient (Wildman–Crippen LogP) is 5.54. The second kappa shape index (κ2) is 10.2. The molecule has 0 aliphatic heterocycles. The molecule has 3 aromatic rings. The number of carbonyl (C=O) groups is 2. The van der Waals surface area contributed by atoms with Crippen LogP contribution >= 0.6 is 34.8 Å². The molecule has 8 nitrogen and oxygen atoms in total. The van der Waals surface area contributed by atoms with E-state index in [0.29, 0.717) is 5.02 Å².